The highest BCUT2D eigenvalue weighted by Crippen LogP contribution is 1.90. The van der Waals surface area contributed by atoms with E-state index in [2.05, 4.69) is 4.99 Å². The molecule has 0 aliphatic rings. The zero-order valence-electron chi connectivity index (χ0n) is 4.48. The molecule has 0 saturated heterocycles. The van der Waals surface area contributed by atoms with E-state index in [1.165, 1.54) is 19.3 Å². The Morgan fingerprint density at radius 3 is 2.43 bits per heavy atom. The van der Waals surface area contributed by atoms with Crippen molar-refractivity contribution in [3.05, 3.63) is 12.0 Å². The summed E-state index contributed by atoms with van der Waals surface area (Å²) >= 11 is 0. The van der Waals surface area contributed by atoms with Crippen LogP contribution < -0.4 is 0 Å². The second-order valence-corrected chi connectivity index (χ2v) is 1.12. The van der Waals surface area contributed by atoms with Crippen molar-refractivity contribution in [2.24, 2.45) is 4.99 Å². The normalized spacial score (nSPS) is 13.3. The molecule has 0 aromatic carbocycles. The van der Waals surface area contributed by atoms with Gasteiger partial charge in [0.05, 0.1) is 6.20 Å². The molecule has 0 spiro atoms. The Hall–Kier alpha value is -0.660. The Morgan fingerprint density at radius 1 is 1.71 bits per heavy atom. The maximum absolute atomic E-state index is 11.6. The van der Waals surface area contributed by atoms with Crippen molar-refractivity contribution in [2.45, 2.75) is 13.8 Å². The van der Waals surface area contributed by atoms with Gasteiger partial charge in [0.1, 0.15) is 5.83 Å². The first-order valence-electron chi connectivity index (χ1n) is 2.07. The molecule has 0 unspecified atom stereocenters. The van der Waals surface area contributed by atoms with Crippen LogP contribution in [0.2, 0.25) is 0 Å². The Bertz CT molecular complexity index is 90.3. The maximum atomic E-state index is 11.6. The Balaban J connectivity index is 3.46. The molecule has 0 aromatic heterocycles. The molecule has 0 aliphatic carbocycles. The molecule has 0 amide bonds. The second-order valence-electron chi connectivity index (χ2n) is 1.12. The first-order chi connectivity index (χ1) is 3.27. The van der Waals surface area contributed by atoms with Crippen LogP contribution in [-0.4, -0.2) is 6.21 Å². The molecule has 0 N–H and O–H groups in total. The number of halogens is 1. The van der Waals surface area contributed by atoms with Gasteiger partial charge in [-0.15, -0.1) is 0 Å². The van der Waals surface area contributed by atoms with Crippen molar-refractivity contribution in [1.29, 1.82) is 0 Å². The molecule has 40 valence electrons. The molecule has 7 heavy (non-hydrogen) atoms. The van der Waals surface area contributed by atoms with Crippen LogP contribution in [0.1, 0.15) is 13.8 Å². The van der Waals surface area contributed by atoms with E-state index in [9.17, 15) is 4.39 Å². The highest BCUT2D eigenvalue weighted by molar-refractivity contribution is 5.54. The Kier molecular flexibility index (Phi) is 3.19. The van der Waals surface area contributed by atoms with Crippen molar-refractivity contribution in [1.82, 2.24) is 0 Å². The summed E-state index contributed by atoms with van der Waals surface area (Å²) in [5.41, 5.74) is 0. The summed E-state index contributed by atoms with van der Waals surface area (Å²) in [7, 11) is 0. The lowest BCUT2D eigenvalue weighted by atomic mass is 10.6. The first kappa shape index (κ1) is 6.34. The third-order valence-electron chi connectivity index (χ3n) is 0.402. The van der Waals surface area contributed by atoms with Crippen LogP contribution in [0.5, 0.6) is 0 Å². The number of hydrogen-bond acceptors (Lipinski definition) is 1. The zero-order chi connectivity index (χ0) is 5.70. The van der Waals surface area contributed by atoms with Crippen LogP contribution in [0.4, 0.5) is 4.39 Å². The van der Waals surface area contributed by atoms with Gasteiger partial charge in [-0.3, -0.25) is 4.99 Å². The van der Waals surface area contributed by atoms with Gasteiger partial charge in [-0.05, 0) is 13.8 Å². The molecule has 2 heteroatoms. The van der Waals surface area contributed by atoms with E-state index in [-0.39, 0.29) is 5.83 Å². The molecule has 1 nitrogen and oxygen atoms in total. The average Bonchev–Trinajstić information content (AvgIpc) is 1.61. The molecule has 0 saturated carbocycles. The summed E-state index contributed by atoms with van der Waals surface area (Å²) < 4.78 is 11.6. The summed E-state index contributed by atoms with van der Waals surface area (Å²) in [4.78, 5) is 3.51. The van der Waals surface area contributed by atoms with Crippen molar-refractivity contribution >= 4 is 6.21 Å². The molecule has 0 heterocycles. The minimum Gasteiger partial charge on any atom is -0.267 e. The van der Waals surface area contributed by atoms with E-state index >= 15 is 0 Å². The van der Waals surface area contributed by atoms with Crippen LogP contribution in [0.15, 0.2) is 17.0 Å². The first-order valence-corrected chi connectivity index (χ1v) is 2.07. The third-order valence-corrected chi connectivity index (χ3v) is 0.402. The van der Waals surface area contributed by atoms with Gasteiger partial charge in [-0.2, -0.15) is 0 Å². The van der Waals surface area contributed by atoms with Gasteiger partial charge in [-0.25, -0.2) is 4.39 Å². The Labute approximate surface area is 42.6 Å². The summed E-state index contributed by atoms with van der Waals surface area (Å²) in [6, 6.07) is 0. The molecule has 0 fully saturated rings. The van der Waals surface area contributed by atoms with Crippen molar-refractivity contribution in [2.75, 3.05) is 0 Å². The SMILES string of the molecule is CC=NC=C(C)F. The van der Waals surface area contributed by atoms with Crippen LogP contribution in [0.25, 0.3) is 0 Å². The van der Waals surface area contributed by atoms with Crippen molar-refractivity contribution < 1.29 is 4.39 Å². The van der Waals surface area contributed by atoms with E-state index in [1.807, 2.05) is 0 Å². The lowest BCUT2D eigenvalue weighted by Crippen LogP contribution is -1.57. The number of nitrogens with zero attached hydrogens (tertiary/aromatic N) is 1. The summed E-state index contributed by atoms with van der Waals surface area (Å²) in [5, 5.41) is 0. The highest BCUT2D eigenvalue weighted by atomic mass is 19.1. The molecular weight excluding hydrogens is 93.1 g/mol. The van der Waals surface area contributed by atoms with E-state index < -0.39 is 0 Å². The monoisotopic (exact) mass is 101 g/mol. The van der Waals surface area contributed by atoms with Gasteiger partial charge in [0, 0.05) is 6.21 Å². The standard InChI is InChI=1S/C5H8FN/c1-3-7-4-5(2)6/h3-4H,1-2H3. The Morgan fingerprint density at radius 2 is 2.29 bits per heavy atom. The molecule has 0 rings (SSSR count). The molecule has 0 radical (unpaired) electrons. The van der Waals surface area contributed by atoms with Crippen molar-refractivity contribution in [3.63, 3.8) is 0 Å². The molecular formula is C5H8FN. The molecule has 0 bridgehead atoms. The fourth-order valence-electron chi connectivity index (χ4n) is 0.177. The predicted octanol–water partition coefficient (Wildman–Crippen LogP) is 1.91. The van der Waals surface area contributed by atoms with Crippen LogP contribution in [-0.2, 0) is 0 Å². The van der Waals surface area contributed by atoms with Crippen LogP contribution >= 0.6 is 0 Å². The lowest BCUT2D eigenvalue weighted by Gasteiger charge is -1.73. The number of allylic oxidation sites excluding steroid dienone is 1. The van der Waals surface area contributed by atoms with E-state index in [0.717, 1.165) is 0 Å². The summed E-state index contributed by atoms with van der Waals surface area (Å²) in [6.45, 7) is 3.09. The second kappa shape index (κ2) is 3.53. The quantitative estimate of drug-likeness (QED) is 0.447. The minimum atomic E-state index is -0.266. The summed E-state index contributed by atoms with van der Waals surface area (Å²) in [6.07, 6.45) is 2.70. The predicted molar refractivity (Wildman–Crippen MR) is 29.0 cm³/mol. The zero-order valence-corrected chi connectivity index (χ0v) is 4.48. The van der Waals surface area contributed by atoms with E-state index in [4.69, 9.17) is 0 Å². The van der Waals surface area contributed by atoms with Gasteiger partial charge in [0.25, 0.3) is 0 Å². The van der Waals surface area contributed by atoms with Gasteiger partial charge in [0.15, 0.2) is 0 Å². The van der Waals surface area contributed by atoms with E-state index in [0.29, 0.717) is 0 Å². The van der Waals surface area contributed by atoms with Crippen molar-refractivity contribution in [3.8, 4) is 0 Å². The average molecular weight is 101 g/mol. The van der Waals surface area contributed by atoms with Gasteiger partial charge in [0.2, 0.25) is 0 Å². The van der Waals surface area contributed by atoms with Gasteiger partial charge < -0.3 is 0 Å². The number of rotatable bonds is 1. The minimum absolute atomic E-state index is 0.266. The third kappa shape index (κ3) is 5.34. The van der Waals surface area contributed by atoms with Crippen LogP contribution in [0, 0.1) is 0 Å². The summed E-state index contributed by atoms with van der Waals surface area (Å²) in [5.74, 6) is -0.266. The fourth-order valence-corrected chi connectivity index (χ4v) is 0.177. The van der Waals surface area contributed by atoms with Crippen LogP contribution in [0.3, 0.4) is 0 Å². The molecule has 0 aliphatic heterocycles. The molecule has 0 aromatic rings. The lowest BCUT2D eigenvalue weighted by molar-refractivity contribution is 0.637. The highest BCUT2D eigenvalue weighted by Gasteiger charge is 1.72. The number of aliphatic imine (C=N–C) groups is 1. The fraction of sp³-hybridized carbons (Fsp3) is 0.400. The smallest absolute Gasteiger partial charge is 0.115 e. The van der Waals surface area contributed by atoms with Gasteiger partial charge >= 0.3 is 0 Å². The van der Waals surface area contributed by atoms with E-state index in [1.54, 1.807) is 6.92 Å². The molecule has 0 atom stereocenters. The number of hydrogen-bond donors (Lipinski definition) is 0. The topological polar surface area (TPSA) is 12.4 Å². The maximum Gasteiger partial charge on any atom is 0.115 e. The van der Waals surface area contributed by atoms with Gasteiger partial charge in [-0.1, -0.05) is 0 Å². The largest absolute Gasteiger partial charge is 0.267 e.